The number of aliphatic imine (C=N–C) groups is 1. The standard InChI is InChI=1S/C19H31N7O/c1-14-15(2)27-18(24-14)13-26-9-6-16(7-10-26)11-21-19(20-3)22-12-17-5-8-23-25(17)4/h5,8,16H,6-7,9-13H2,1-4H3,(H2,20,21,22). The fraction of sp³-hybridized carbons (Fsp3) is 0.632. The topological polar surface area (TPSA) is 83.5 Å². The maximum Gasteiger partial charge on any atom is 0.208 e. The zero-order chi connectivity index (χ0) is 19.2. The van der Waals surface area contributed by atoms with Crippen LogP contribution in [0.3, 0.4) is 0 Å². The number of hydrogen-bond donors (Lipinski definition) is 2. The highest BCUT2D eigenvalue weighted by molar-refractivity contribution is 5.79. The summed E-state index contributed by atoms with van der Waals surface area (Å²) in [6, 6.07) is 2.01. The molecule has 2 aromatic rings. The molecule has 0 saturated carbocycles. The van der Waals surface area contributed by atoms with Crippen LogP contribution in [0.2, 0.25) is 0 Å². The molecule has 0 aliphatic carbocycles. The Bertz CT molecular complexity index is 736. The Morgan fingerprint density at radius 2 is 2.07 bits per heavy atom. The highest BCUT2D eigenvalue weighted by Gasteiger charge is 2.21. The van der Waals surface area contributed by atoms with E-state index < -0.39 is 0 Å². The molecule has 0 bridgehead atoms. The van der Waals surface area contributed by atoms with Gasteiger partial charge in [-0.3, -0.25) is 14.6 Å². The van der Waals surface area contributed by atoms with E-state index in [0.29, 0.717) is 12.5 Å². The van der Waals surface area contributed by atoms with E-state index >= 15 is 0 Å². The van der Waals surface area contributed by atoms with E-state index in [0.717, 1.165) is 55.2 Å². The summed E-state index contributed by atoms with van der Waals surface area (Å²) in [5.74, 6) is 3.25. The lowest BCUT2D eigenvalue weighted by molar-refractivity contribution is 0.164. The van der Waals surface area contributed by atoms with Crippen LogP contribution < -0.4 is 10.6 Å². The Morgan fingerprint density at radius 3 is 2.67 bits per heavy atom. The lowest BCUT2D eigenvalue weighted by atomic mass is 9.97. The fourth-order valence-electron chi connectivity index (χ4n) is 3.36. The van der Waals surface area contributed by atoms with Crippen molar-refractivity contribution in [2.24, 2.45) is 18.0 Å². The maximum absolute atomic E-state index is 5.71. The number of oxazole rings is 1. The summed E-state index contributed by atoms with van der Waals surface area (Å²) in [7, 11) is 3.75. The van der Waals surface area contributed by atoms with Crippen LogP contribution in [-0.4, -0.2) is 52.3 Å². The lowest BCUT2D eigenvalue weighted by Crippen LogP contribution is -2.42. The molecule has 3 heterocycles. The number of likely N-dealkylation sites (tertiary alicyclic amines) is 1. The molecule has 1 fully saturated rings. The normalized spacial score (nSPS) is 16.7. The lowest BCUT2D eigenvalue weighted by Gasteiger charge is -2.31. The number of piperidine rings is 1. The van der Waals surface area contributed by atoms with Gasteiger partial charge in [-0.1, -0.05) is 0 Å². The van der Waals surface area contributed by atoms with Crippen molar-refractivity contribution in [3.63, 3.8) is 0 Å². The molecular formula is C19H31N7O. The Labute approximate surface area is 161 Å². The number of nitrogens with one attached hydrogen (secondary N) is 2. The van der Waals surface area contributed by atoms with Gasteiger partial charge < -0.3 is 15.1 Å². The average Bonchev–Trinajstić information content (AvgIpc) is 3.21. The minimum Gasteiger partial charge on any atom is -0.444 e. The minimum atomic E-state index is 0.657. The van der Waals surface area contributed by atoms with E-state index in [1.54, 1.807) is 0 Å². The van der Waals surface area contributed by atoms with Crippen molar-refractivity contribution in [1.82, 2.24) is 30.3 Å². The summed E-state index contributed by atoms with van der Waals surface area (Å²) >= 11 is 0. The SMILES string of the molecule is CN=C(NCc1ccnn1C)NCC1CCN(Cc2nc(C)c(C)o2)CC1. The van der Waals surface area contributed by atoms with Crippen molar-refractivity contribution < 1.29 is 4.42 Å². The molecule has 3 rings (SSSR count). The summed E-state index contributed by atoms with van der Waals surface area (Å²) in [6.07, 6.45) is 4.15. The van der Waals surface area contributed by atoms with Crippen LogP contribution in [0.5, 0.6) is 0 Å². The quantitative estimate of drug-likeness (QED) is 0.591. The van der Waals surface area contributed by atoms with Crippen LogP contribution >= 0.6 is 0 Å². The summed E-state index contributed by atoms with van der Waals surface area (Å²) in [5.41, 5.74) is 2.12. The van der Waals surface area contributed by atoms with Crippen LogP contribution in [0.1, 0.15) is 35.9 Å². The van der Waals surface area contributed by atoms with Crippen LogP contribution in [0, 0.1) is 19.8 Å². The number of guanidine groups is 1. The molecule has 148 valence electrons. The summed E-state index contributed by atoms with van der Waals surface area (Å²) in [5, 5.41) is 11.0. The van der Waals surface area contributed by atoms with Gasteiger partial charge in [0.25, 0.3) is 0 Å². The van der Waals surface area contributed by atoms with Crippen LogP contribution in [0.15, 0.2) is 21.7 Å². The third-order valence-electron chi connectivity index (χ3n) is 5.28. The van der Waals surface area contributed by atoms with Crippen molar-refractivity contribution in [2.75, 3.05) is 26.7 Å². The second-order valence-electron chi connectivity index (χ2n) is 7.22. The van der Waals surface area contributed by atoms with Gasteiger partial charge in [0.05, 0.1) is 24.5 Å². The molecule has 8 heteroatoms. The van der Waals surface area contributed by atoms with Crippen LogP contribution in [0.4, 0.5) is 0 Å². The van der Waals surface area contributed by atoms with Gasteiger partial charge >= 0.3 is 0 Å². The Morgan fingerprint density at radius 1 is 1.30 bits per heavy atom. The number of hydrogen-bond acceptors (Lipinski definition) is 5. The van der Waals surface area contributed by atoms with Crippen molar-refractivity contribution in [3.05, 3.63) is 35.3 Å². The molecule has 0 aromatic carbocycles. The smallest absolute Gasteiger partial charge is 0.208 e. The number of aryl methyl sites for hydroxylation is 3. The Balaban J connectivity index is 1.37. The van der Waals surface area contributed by atoms with Gasteiger partial charge in [-0.2, -0.15) is 5.10 Å². The third-order valence-corrected chi connectivity index (χ3v) is 5.28. The predicted molar refractivity (Wildman–Crippen MR) is 105 cm³/mol. The van der Waals surface area contributed by atoms with E-state index in [9.17, 15) is 0 Å². The molecular weight excluding hydrogens is 342 g/mol. The Hall–Kier alpha value is -2.35. The van der Waals surface area contributed by atoms with Crippen molar-refractivity contribution in [2.45, 2.75) is 39.8 Å². The van der Waals surface area contributed by atoms with Gasteiger partial charge in [0.2, 0.25) is 5.89 Å². The monoisotopic (exact) mass is 373 g/mol. The van der Waals surface area contributed by atoms with Crippen molar-refractivity contribution >= 4 is 5.96 Å². The molecule has 1 saturated heterocycles. The second-order valence-corrected chi connectivity index (χ2v) is 7.22. The predicted octanol–water partition coefficient (Wildman–Crippen LogP) is 1.60. The highest BCUT2D eigenvalue weighted by atomic mass is 16.4. The molecule has 2 N–H and O–H groups in total. The Kier molecular flexibility index (Phi) is 6.49. The largest absolute Gasteiger partial charge is 0.444 e. The highest BCUT2D eigenvalue weighted by Crippen LogP contribution is 2.19. The van der Waals surface area contributed by atoms with E-state index in [1.807, 2.05) is 44.9 Å². The molecule has 8 nitrogen and oxygen atoms in total. The average molecular weight is 374 g/mol. The second kappa shape index (κ2) is 9.03. The first-order valence-corrected chi connectivity index (χ1v) is 9.61. The molecule has 0 atom stereocenters. The molecule has 1 aliphatic rings. The maximum atomic E-state index is 5.71. The van der Waals surface area contributed by atoms with E-state index in [4.69, 9.17) is 4.42 Å². The summed E-state index contributed by atoms with van der Waals surface area (Å²) in [4.78, 5) is 11.2. The molecule has 1 aliphatic heterocycles. The van der Waals surface area contributed by atoms with Gasteiger partial charge in [-0.15, -0.1) is 0 Å². The van der Waals surface area contributed by atoms with E-state index in [-0.39, 0.29) is 0 Å². The molecule has 0 unspecified atom stereocenters. The fourth-order valence-corrected chi connectivity index (χ4v) is 3.36. The van der Waals surface area contributed by atoms with Gasteiger partial charge in [0, 0.05) is 26.8 Å². The molecule has 0 radical (unpaired) electrons. The van der Waals surface area contributed by atoms with Gasteiger partial charge in [0.1, 0.15) is 5.76 Å². The number of nitrogens with zero attached hydrogens (tertiary/aromatic N) is 5. The number of rotatable bonds is 6. The summed E-state index contributed by atoms with van der Waals surface area (Å²) in [6.45, 7) is 8.58. The zero-order valence-electron chi connectivity index (χ0n) is 16.8. The van der Waals surface area contributed by atoms with Gasteiger partial charge in [0.15, 0.2) is 5.96 Å². The van der Waals surface area contributed by atoms with E-state index in [1.165, 1.54) is 12.8 Å². The van der Waals surface area contributed by atoms with E-state index in [2.05, 4.69) is 30.6 Å². The molecule has 0 amide bonds. The van der Waals surface area contributed by atoms with Crippen LogP contribution in [0.25, 0.3) is 0 Å². The van der Waals surface area contributed by atoms with Crippen molar-refractivity contribution in [1.29, 1.82) is 0 Å². The molecule has 0 spiro atoms. The minimum absolute atomic E-state index is 0.657. The van der Waals surface area contributed by atoms with Crippen LogP contribution in [-0.2, 0) is 20.1 Å². The summed E-state index contributed by atoms with van der Waals surface area (Å²) < 4.78 is 7.58. The van der Waals surface area contributed by atoms with Gasteiger partial charge in [-0.05, 0) is 51.8 Å². The first-order valence-electron chi connectivity index (χ1n) is 9.61. The molecule has 2 aromatic heterocycles. The molecule has 27 heavy (non-hydrogen) atoms. The first-order chi connectivity index (χ1) is 13.0. The van der Waals surface area contributed by atoms with Crippen molar-refractivity contribution in [3.8, 4) is 0 Å². The van der Waals surface area contributed by atoms with Gasteiger partial charge in [-0.25, -0.2) is 4.98 Å². The zero-order valence-corrected chi connectivity index (χ0v) is 16.8. The third kappa shape index (κ3) is 5.32. The first kappa shape index (κ1) is 19.4. The number of aromatic nitrogens is 3.